The van der Waals surface area contributed by atoms with Gasteiger partial charge in [-0.1, -0.05) is 43.7 Å². The summed E-state index contributed by atoms with van der Waals surface area (Å²) in [5.74, 6) is -0.193. The van der Waals surface area contributed by atoms with E-state index in [1.54, 1.807) is 6.07 Å². The Morgan fingerprint density at radius 3 is 2.58 bits per heavy atom. The first-order chi connectivity index (χ1) is 12.6. The van der Waals surface area contributed by atoms with E-state index in [9.17, 15) is 9.59 Å². The molecular weight excluding hydrogens is 328 g/mol. The maximum atomic E-state index is 12.1. The number of hydrogen-bond acceptors (Lipinski definition) is 4. The van der Waals surface area contributed by atoms with Crippen molar-refractivity contribution >= 4 is 5.91 Å². The standard InChI is InChI=1S/C20H28N4O2/c1-3-4-14-23(2)15-8-13-21-19(25)16-24-20(26)12-11-18(22-24)17-9-6-5-7-10-17/h5-7,9-12H,3-4,8,13-16H2,1-2H3,(H,21,25). The fraction of sp³-hybridized carbons (Fsp3) is 0.450. The molecule has 1 aromatic heterocycles. The Labute approximate surface area is 154 Å². The number of rotatable bonds is 10. The lowest BCUT2D eigenvalue weighted by atomic mass is 10.1. The lowest BCUT2D eigenvalue weighted by Crippen LogP contribution is -2.35. The van der Waals surface area contributed by atoms with Gasteiger partial charge in [-0.2, -0.15) is 5.10 Å². The van der Waals surface area contributed by atoms with E-state index in [1.807, 2.05) is 30.3 Å². The predicted octanol–water partition coefficient (Wildman–Crippen LogP) is 2.15. The van der Waals surface area contributed by atoms with Crippen LogP contribution in [0.2, 0.25) is 0 Å². The van der Waals surface area contributed by atoms with Crippen LogP contribution in [0.4, 0.5) is 0 Å². The summed E-state index contributed by atoms with van der Waals surface area (Å²) in [7, 11) is 2.09. The van der Waals surface area contributed by atoms with Crippen LogP contribution < -0.4 is 10.9 Å². The third-order valence-electron chi connectivity index (χ3n) is 4.16. The van der Waals surface area contributed by atoms with Crippen molar-refractivity contribution in [1.82, 2.24) is 20.0 Å². The number of carbonyl (C=O) groups excluding carboxylic acids is 1. The van der Waals surface area contributed by atoms with Crippen molar-refractivity contribution in [1.29, 1.82) is 0 Å². The molecule has 0 aliphatic carbocycles. The smallest absolute Gasteiger partial charge is 0.267 e. The second kappa shape index (κ2) is 10.5. The Hall–Kier alpha value is -2.47. The van der Waals surface area contributed by atoms with E-state index < -0.39 is 0 Å². The van der Waals surface area contributed by atoms with E-state index in [4.69, 9.17) is 0 Å². The average molecular weight is 356 g/mol. The lowest BCUT2D eigenvalue weighted by molar-refractivity contribution is -0.121. The highest BCUT2D eigenvalue weighted by Crippen LogP contribution is 2.13. The van der Waals surface area contributed by atoms with Gasteiger partial charge in [-0.25, -0.2) is 4.68 Å². The molecule has 0 bridgehead atoms. The van der Waals surface area contributed by atoms with Gasteiger partial charge in [0.1, 0.15) is 6.54 Å². The molecule has 26 heavy (non-hydrogen) atoms. The Balaban J connectivity index is 1.84. The molecule has 1 amide bonds. The monoisotopic (exact) mass is 356 g/mol. The zero-order chi connectivity index (χ0) is 18.8. The number of benzene rings is 1. The molecule has 6 heteroatoms. The van der Waals surface area contributed by atoms with Crippen LogP contribution >= 0.6 is 0 Å². The Morgan fingerprint density at radius 2 is 1.85 bits per heavy atom. The molecule has 0 radical (unpaired) electrons. The van der Waals surface area contributed by atoms with E-state index >= 15 is 0 Å². The van der Waals surface area contributed by atoms with Gasteiger partial charge in [-0.3, -0.25) is 9.59 Å². The normalized spacial score (nSPS) is 10.9. The van der Waals surface area contributed by atoms with Crippen LogP contribution in [-0.4, -0.2) is 47.3 Å². The summed E-state index contributed by atoms with van der Waals surface area (Å²) in [4.78, 5) is 26.3. The van der Waals surface area contributed by atoms with Gasteiger partial charge in [-0.05, 0) is 39.0 Å². The molecule has 1 aromatic carbocycles. The van der Waals surface area contributed by atoms with Crippen LogP contribution in [-0.2, 0) is 11.3 Å². The minimum Gasteiger partial charge on any atom is -0.354 e. The molecule has 0 spiro atoms. The molecule has 1 N–H and O–H groups in total. The Morgan fingerprint density at radius 1 is 1.12 bits per heavy atom. The molecule has 6 nitrogen and oxygen atoms in total. The van der Waals surface area contributed by atoms with Gasteiger partial charge in [0.2, 0.25) is 5.91 Å². The maximum Gasteiger partial charge on any atom is 0.267 e. The number of hydrogen-bond donors (Lipinski definition) is 1. The summed E-state index contributed by atoms with van der Waals surface area (Å²) in [5.41, 5.74) is 1.31. The highest BCUT2D eigenvalue weighted by atomic mass is 16.2. The quantitative estimate of drug-likeness (QED) is 0.663. The summed E-state index contributed by atoms with van der Waals surface area (Å²) < 4.78 is 1.21. The number of aromatic nitrogens is 2. The average Bonchev–Trinajstić information content (AvgIpc) is 2.66. The number of unbranched alkanes of at least 4 members (excludes halogenated alkanes) is 1. The third kappa shape index (κ3) is 6.44. The number of nitrogens with zero attached hydrogens (tertiary/aromatic N) is 3. The first kappa shape index (κ1) is 19.8. The molecule has 140 valence electrons. The van der Waals surface area contributed by atoms with Gasteiger partial charge >= 0.3 is 0 Å². The molecule has 0 unspecified atom stereocenters. The van der Waals surface area contributed by atoms with Gasteiger partial charge in [0.25, 0.3) is 5.56 Å². The zero-order valence-electron chi connectivity index (χ0n) is 15.6. The highest BCUT2D eigenvalue weighted by Gasteiger charge is 2.08. The van der Waals surface area contributed by atoms with Crippen molar-refractivity contribution in [3.05, 3.63) is 52.8 Å². The number of nitrogens with one attached hydrogen (secondary N) is 1. The Kier molecular flexibility index (Phi) is 8.02. The van der Waals surface area contributed by atoms with E-state index in [0.29, 0.717) is 12.2 Å². The minimum atomic E-state index is -0.279. The highest BCUT2D eigenvalue weighted by molar-refractivity contribution is 5.75. The molecule has 2 rings (SSSR count). The van der Waals surface area contributed by atoms with Crippen LogP contribution in [0.5, 0.6) is 0 Å². The predicted molar refractivity (Wildman–Crippen MR) is 104 cm³/mol. The molecule has 0 saturated carbocycles. The van der Waals surface area contributed by atoms with Gasteiger partial charge in [0, 0.05) is 18.2 Å². The van der Waals surface area contributed by atoms with Gasteiger partial charge < -0.3 is 10.2 Å². The van der Waals surface area contributed by atoms with Crippen LogP contribution in [0.1, 0.15) is 26.2 Å². The summed E-state index contributed by atoms with van der Waals surface area (Å²) in [6.45, 7) is 4.74. The third-order valence-corrected chi connectivity index (χ3v) is 4.16. The molecule has 0 aliphatic rings. The van der Waals surface area contributed by atoms with Crippen LogP contribution in [0, 0.1) is 0 Å². The maximum absolute atomic E-state index is 12.1. The van der Waals surface area contributed by atoms with Gasteiger partial charge in [-0.15, -0.1) is 0 Å². The first-order valence-electron chi connectivity index (χ1n) is 9.19. The molecule has 1 heterocycles. The van der Waals surface area contributed by atoms with Crippen molar-refractivity contribution in [2.45, 2.75) is 32.7 Å². The summed E-state index contributed by atoms with van der Waals surface area (Å²) in [5, 5.41) is 7.17. The van der Waals surface area contributed by atoms with Crippen LogP contribution in [0.3, 0.4) is 0 Å². The van der Waals surface area contributed by atoms with Crippen molar-refractivity contribution in [3.63, 3.8) is 0 Å². The molecule has 0 fully saturated rings. The molecule has 0 saturated heterocycles. The van der Waals surface area contributed by atoms with Crippen molar-refractivity contribution in [3.8, 4) is 11.3 Å². The zero-order valence-corrected chi connectivity index (χ0v) is 15.6. The van der Waals surface area contributed by atoms with E-state index in [0.717, 1.165) is 25.1 Å². The number of carbonyl (C=O) groups is 1. The Bertz CT molecular complexity index is 743. The topological polar surface area (TPSA) is 67.2 Å². The van der Waals surface area contributed by atoms with Gasteiger partial charge in [0.15, 0.2) is 0 Å². The van der Waals surface area contributed by atoms with Gasteiger partial charge in [0.05, 0.1) is 5.69 Å². The van der Waals surface area contributed by atoms with Crippen LogP contribution in [0.15, 0.2) is 47.3 Å². The lowest BCUT2D eigenvalue weighted by Gasteiger charge is -2.16. The summed E-state index contributed by atoms with van der Waals surface area (Å²) in [6, 6.07) is 12.7. The largest absolute Gasteiger partial charge is 0.354 e. The SMILES string of the molecule is CCCCN(C)CCCNC(=O)Cn1nc(-c2ccccc2)ccc1=O. The van der Waals surface area contributed by atoms with Crippen molar-refractivity contribution in [2.75, 3.05) is 26.7 Å². The van der Waals surface area contributed by atoms with Crippen molar-refractivity contribution < 1.29 is 4.79 Å². The number of amides is 1. The second-order valence-electron chi connectivity index (χ2n) is 6.44. The molecule has 0 aliphatic heterocycles. The second-order valence-corrected chi connectivity index (χ2v) is 6.44. The molecule has 2 aromatic rings. The minimum absolute atomic E-state index is 0.0643. The van der Waals surface area contributed by atoms with E-state index in [1.165, 1.54) is 23.6 Å². The van der Waals surface area contributed by atoms with E-state index in [-0.39, 0.29) is 18.0 Å². The molecule has 0 atom stereocenters. The van der Waals surface area contributed by atoms with E-state index in [2.05, 4.69) is 29.3 Å². The molecular formula is C20H28N4O2. The summed E-state index contributed by atoms with van der Waals surface area (Å²) in [6.07, 6.45) is 3.26. The fourth-order valence-corrected chi connectivity index (χ4v) is 2.63. The van der Waals surface area contributed by atoms with Crippen molar-refractivity contribution in [2.24, 2.45) is 0 Å². The fourth-order valence-electron chi connectivity index (χ4n) is 2.63. The summed E-state index contributed by atoms with van der Waals surface area (Å²) >= 11 is 0. The first-order valence-corrected chi connectivity index (χ1v) is 9.19. The van der Waals surface area contributed by atoms with Crippen LogP contribution in [0.25, 0.3) is 11.3 Å².